The van der Waals surface area contributed by atoms with Crippen LogP contribution in [0.4, 0.5) is 18.9 Å². The predicted octanol–water partition coefficient (Wildman–Crippen LogP) is 4.05. The van der Waals surface area contributed by atoms with Crippen LogP contribution in [0, 0.1) is 6.92 Å². The van der Waals surface area contributed by atoms with E-state index < -0.39 is 11.7 Å². The Morgan fingerprint density at radius 3 is 2.48 bits per heavy atom. The van der Waals surface area contributed by atoms with E-state index in [1.807, 2.05) is 0 Å². The van der Waals surface area contributed by atoms with Crippen molar-refractivity contribution in [3.05, 3.63) is 34.5 Å². The number of pyridine rings is 1. The minimum atomic E-state index is -4.38. The summed E-state index contributed by atoms with van der Waals surface area (Å²) in [6.07, 6.45) is -4.38. The Morgan fingerprint density at radius 2 is 1.87 bits per heavy atom. The maximum absolute atomic E-state index is 12.9. The number of rotatable bonds is 1. The average molecular weight is 366 g/mol. The molecular formula is C15H16Cl2F3N3. The highest BCUT2D eigenvalue weighted by Gasteiger charge is 2.31. The first kappa shape index (κ1) is 18.1. The zero-order valence-electron chi connectivity index (χ0n) is 12.4. The van der Waals surface area contributed by atoms with Gasteiger partial charge in [0.25, 0.3) is 0 Å². The van der Waals surface area contributed by atoms with Crippen molar-refractivity contribution in [3.63, 3.8) is 0 Å². The lowest BCUT2D eigenvalue weighted by atomic mass is 10.1. The molecule has 0 unspecified atom stereocenters. The Bertz CT molecular complexity index is 713. The second kappa shape index (κ2) is 6.71. The maximum Gasteiger partial charge on any atom is 0.416 e. The summed E-state index contributed by atoms with van der Waals surface area (Å²) in [4.78, 5) is 6.33. The number of alkyl halides is 3. The molecule has 126 valence electrons. The smallest absolute Gasteiger partial charge is 0.367 e. The topological polar surface area (TPSA) is 28.2 Å². The van der Waals surface area contributed by atoms with Gasteiger partial charge in [0.2, 0.25) is 0 Å². The van der Waals surface area contributed by atoms with Gasteiger partial charge in [-0.15, -0.1) is 12.4 Å². The van der Waals surface area contributed by atoms with Gasteiger partial charge in [0, 0.05) is 31.6 Å². The highest BCUT2D eigenvalue weighted by atomic mass is 35.5. The molecule has 2 heterocycles. The quantitative estimate of drug-likeness (QED) is 0.826. The van der Waals surface area contributed by atoms with E-state index in [9.17, 15) is 13.2 Å². The van der Waals surface area contributed by atoms with E-state index in [-0.39, 0.29) is 12.4 Å². The molecule has 1 saturated heterocycles. The first-order valence-corrected chi connectivity index (χ1v) is 7.38. The molecule has 0 atom stereocenters. The number of anilines is 1. The van der Waals surface area contributed by atoms with Gasteiger partial charge in [-0.25, -0.2) is 0 Å². The summed E-state index contributed by atoms with van der Waals surface area (Å²) in [5.41, 5.74) is 0.951. The number of aryl methyl sites for hydroxylation is 1. The number of fused-ring (bicyclic) bond motifs is 1. The van der Waals surface area contributed by atoms with Crippen LogP contribution in [0.2, 0.25) is 5.02 Å². The zero-order valence-corrected chi connectivity index (χ0v) is 13.9. The minimum absolute atomic E-state index is 0. The Hall–Kier alpha value is -1.24. The number of nitrogens with one attached hydrogen (secondary N) is 1. The number of benzene rings is 1. The van der Waals surface area contributed by atoms with E-state index in [0.29, 0.717) is 21.6 Å². The number of hydrogen-bond donors (Lipinski definition) is 1. The third kappa shape index (κ3) is 3.49. The Kier molecular flexibility index (Phi) is 5.28. The largest absolute Gasteiger partial charge is 0.416 e. The van der Waals surface area contributed by atoms with Crippen molar-refractivity contribution in [1.29, 1.82) is 0 Å². The van der Waals surface area contributed by atoms with Crippen molar-refractivity contribution in [1.82, 2.24) is 10.3 Å². The zero-order chi connectivity index (χ0) is 15.9. The summed E-state index contributed by atoms with van der Waals surface area (Å²) in [6.45, 7) is 4.88. The molecule has 3 nitrogen and oxygen atoms in total. The van der Waals surface area contributed by atoms with Crippen LogP contribution in [0.3, 0.4) is 0 Å². The Morgan fingerprint density at radius 1 is 1.22 bits per heavy atom. The fraction of sp³-hybridized carbons (Fsp3) is 0.400. The number of halogens is 5. The first-order chi connectivity index (χ1) is 10.4. The van der Waals surface area contributed by atoms with Gasteiger partial charge in [-0.1, -0.05) is 17.7 Å². The van der Waals surface area contributed by atoms with Gasteiger partial charge in [-0.3, -0.25) is 4.98 Å². The van der Waals surface area contributed by atoms with Crippen molar-refractivity contribution in [2.45, 2.75) is 13.1 Å². The number of aromatic nitrogens is 1. The molecule has 23 heavy (non-hydrogen) atoms. The maximum atomic E-state index is 12.9. The van der Waals surface area contributed by atoms with Gasteiger partial charge < -0.3 is 10.2 Å². The van der Waals surface area contributed by atoms with Crippen LogP contribution in [0.25, 0.3) is 10.9 Å². The highest BCUT2D eigenvalue weighted by molar-refractivity contribution is 6.35. The predicted molar refractivity (Wildman–Crippen MR) is 88.8 cm³/mol. The number of hydrogen-bond acceptors (Lipinski definition) is 3. The van der Waals surface area contributed by atoms with E-state index in [0.717, 1.165) is 44.0 Å². The van der Waals surface area contributed by atoms with E-state index in [2.05, 4.69) is 15.2 Å². The normalized spacial score (nSPS) is 15.6. The lowest BCUT2D eigenvalue weighted by molar-refractivity contribution is -0.137. The lowest BCUT2D eigenvalue weighted by Gasteiger charge is -2.31. The molecule has 1 aromatic carbocycles. The monoisotopic (exact) mass is 365 g/mol. The number of piperazine rings is 1. The van der Waals surface area contributed by atoms with Crippen molar-refractivity contribution < 1.29 is 13.2 Å². The molecule has 3 rings (SSSR count). The van der Waals surface area contributed by atoms with Crippen molar-refractivity contribution >= 4 is 40.6 Å². The first-order valence-electron chi connectivity index (χ1n) is 7.00. The fourth-order valence-corrected chi connectivity index (χ4v) is 2.98. The molecule has 2 aromatic rings. The van der Waals surface area contributed by atoms with Gasteiger partial charge in [-0.2, -0.15) is 13.2 Å². The highest BCUT2D eigenvalue weighted by Crippen LogP contribution is 2.38. The molecule has 0 spiro atoms. The molecule has 1 aliphatic heterocycles. The summed E-state index contributed by atoms with van der Waals surface area (Å²) < 4.78 is 38.6. The summed E-state index contributed by atoms with van der Waals surface area (Å²) in [6, 6.07) is 3.64. The summed E-state index contributed by atoms with van der Waals surface area (Å²) in [5, 5.41) is 4.41. The third-order valence-electron chi connectivity index (χ3n) is 3.83. The van der Waals surface area contributed by atoms with Gasteiger partial charge in [0.1, 0.15) is 0 Å². The second-order valence-corrected chi connectivity index (χ2v) is 5.70. The van der Waals surface area contributed by atoms with Crippen LogP contribution in [-0.2, 0) is 6.18 Å². The Balaban J connectivity index is 0.00000192. The molecule has 0 saturated carbocycles. The number of nitrogens with zero attached hydrogens (tertiary/aromatic N) is 2. The van der Waals surface area contributed by atoms with Crippen LogP contribution in [-0.4, -0.2) is 31.2 Å². The van der Waals surface area contributed by atoms with Gasteiger partial charge >= 0.3 is 6.18 Å². The second-order valence-electron chi connectivity index (χ2n) is 5.33. The molecule has 1 N–H and O–H groups in total. The average Bonchev–Trinajstić information content (AvgIpc) is 2.48. The van der Waals surface area contributed by atoms with Gasteiger partial charge in [0.05, 0.1) is 27.5 Å². The van der Waals surface area contributed by atoms with Crippen LogP contribution in [0.15, 0.2) is 18.2 Å². The third-order valence-corrected chi connectivity index (χ3v) is 4.28. The molecule has 0 bridgehead atoms. The fourth-order valence-electron chi connectivity index (χ4n) is 2.72. The van der Waals surface area contributed by atoms with Crippen LogP contribution in [0.5, 0.6) is 0 Å². The van der Waals surface area contributed by atoms with E-state index in [1.165, 1.54) is 6.07 Å². The molecule has 8 heteroatoms. The lowest BCUT2D eigenvalue weighted by Crippen LogP contribution is -2.43. The Labute approximate surface area is 143 Å². The molecule has 1 fully saturated rings. The van der Waals surface area contributed by atoms with Crippen LogP contribution < -0.4 is 10.2 Å². The summed E-state index contributed by atoms with van der Waals surface area (Å²) in [5.74, 6) is 0. The van der Waals surface area contributed by atoms with Crippen LogP contribution in [0.1, 0.15) is 11.3 Å². The molecule has 0 amide bonds. The SMILES string of the molecule is Cc1nc2cc(C(F)(F)F)ccc2c(N2CCNCC2)c1Cl.Cl. The van der Waals surface area contributed by atoms with E-state index in [1.54, 1.807) is 6.92 Å². The summed E-state index contributed by atoms with van der Waals surface area (Å²) >= 11 is 6.39. The van der Waals surface area contributed by atoms with Crippen molar-refractivity contribution in [3.8, 4) is 0 Å². The standard InChI is InChI=1S/C15H15ClF3N3.ClH/c1-9-13(16)14(22-6-4-20-5-7-22)11-3-2-10(15(17,18)19)8-12(11)21-9;/h2-3,8,20H,4-7H2,1H3;1H. The molecule has 1 aromatic heterocycles. The molecule has 1 aliphatic rings. The molecular weight excluding hydrogens is 350 g/mol. The van der Waals surface area contributed by atoms with E-state index in [4.69, 9.17) is 11.6 Å². The van der Waals surface area contributed by atoms with Gasteiger partial charge in [0.15, 0.2) is 0 Å². The van der Waals surface area contributed by atoms with Gasteiger partial charge in [-0.05, 0) is 19.1 Å². The van der Waals surface area contributed by atoms with Crippen molar-refractivity contribution in [2.75, 3.05) is 31.1 Å². The molecule has 0 radical (unpaired) electrons. The molecule has 0 aliphatic carbocycles. The minimum Gasteiger partial charge on any atom is -0.367 e. The van der Waals surface area contributed by atoms with E-state index >= 15 is 0 Å². The van der Waals surface area contributed by atoms with Crippen molar-refractivity contribution in [2.24, 2.45) is 0 Å². The van der Waals surface area contributed by atoms with Crippen LogP contribution >= 0.6 is 24.0 Å². The summed E-state index contributed by atoms with van der Waals surface area (Å²) in [7, 11) is 0.